The number of anilines is 1. The van der Waals surface area contributed by atoms with Crippen molar-refractivity contribution in [2.45, 2.75) is 33.1 Å². The van der Waals surface area contributed by atoms with Crippen molar-refractivity contribution in [3.8, 4) is 0 Å². The van der Waals surface area contributed by atoms with Gasteiger partial charge in [-0.15, -0.1) is 0 Å². The molecule has 0 saturated heterocycles. The van der Waals surface area contributed by atoms with E-state index < -0.39 is 0 Å². The third-order valence-electron chi connectivity index (χ3n) is 3.89. The highest BCUT2D eigenvalue weighted by molar-refractivity contribution is 5.99. The molecule has 2 aromatic carbocycles. The molecule has 0 fully saturated rings. The monoisotopic (exact) mass is 306 g/mol. The van der Waals surface area contributed by atoms with Gasteiger partial charge in [0.2, 0.25) is 5.95 Å². The molecule has 0 radical (unpaired) electrons. The maximum atomic E-state index is 4.45. The van der Waals surface area contributed by atoms with Crippen molar-refractivity contribution in [2.24, 2.45) is 5.10 Å². The molecule has 0 spiro atoms. The summed E-state index contributed by atoms with van der Waals surface area (Å²) in [6, 6.07) is 16.5. The first-order valence-corrected chi connectivity index (χ1v) is 7.79. The van der Waals surface area contributed by atoms with Crippen LogP contribution in [-0.2, 0) is 5.41 Å². The number of aromatic nitrogens is 2. The van der Waals surface area contributed by atoms with Crippen LogP contribution in [0.5, 0.6) is 0 Å². The lowest BCUT2D eigenvalue weighted by Gasteiger charge is -2.19. The number of hydrazone groups is 1. The summed E-state index contributed by atoms with van der Waals surface area (Å²) in [6.07, 6.45) is 0. The molecule has 23 heavy (non-hydrogen) atoms. The van der Waals surface area contributed by atoms with Crippen molar-refractivity contribution in [2.75, 3.05) is 5.43 Å². The number of nitrogens with zero attached hydrogens (tertiary/aromatic N) is 2. The summed E-state index contributed by atoms with van der Waals surface area (Å²) >= 11 is 0. The molecule has 0 saturated carbocycles. The molecule has 0 aliphatic carbocycles. The smallest absolute Gasteiger partial charge is 0.222 e. The van der Waals surface area contributed by atoms with Gasteiger partial charge in [0, 0.05) is 0 Å². The Labute approximate surface area is 136 Å². The molecule has 118 valence electrons. The summed E-state index contributed by atoms with van der Waals surface area (Å²) in [5.74, 6) is 0.650. The minimum atomic E-state index is 0.163. The third-order valence-corrected chi connectivity index (χ3v) is 3.89. The van der Waals surface area contributed by atoms with Gasteiger partial charge in [-0.3, -0.25) is 0 Å². The van der Waals surface area contributed by atoms with Crippen molar-refractivity contribution in [1.82, 2.24) is 9.97 Å². The maximum Gasteiger partial charge on any atom is 0.222 e. The zero-order valence-corrected chi connectivity index (χ0v) is 14.0. The van der Waals surface area contributed by atoms with E-state index in [9.17, 15) is 0 Å². The molecular weight excluding hydrogens is 284 g/mol. The maximum absolute atomic E-state index is 4.45. The average molecular weight is 306 g/mol. The molecule has 3 rings (SSSR count). The molecule has 0 amide bonds. The van der Waals surface area contributed by atoms with Gasteiger partial charge < -0.3 is 4.98 Å². The van der Waals surface area contributed by atoms with E-state index in [4.69, 9.17) is 0 Å². The Balaban J connectivity index is 1.76. The number of hydrogen-bond acceptors (Lipinski definition) is 3. The fraction of sp³-hybridized carbons (Fsp3) is 0.263. The zero-order valence-electron chi connectivity index (χ0n) is 14.0. The Morgan fingerprint density at radius 2 is 1.74 bits per heavy atom. The number of H-pyrrole nitrogens is 1. The molecule has 4 nitrogen and oxygen atoms in total. The summed E-state index contributed by atoms with van der Waals surface area (Å²) in [7, 11) is 0. The van der Waals surface area contributed by atoms with Crippen molar-refractivity contribution >= 4 is 22.7 Å². The van der Waals surface area contributed by atoms with Gasteiger partial charge in [-0.1, -0.05) is 57.2 Å². The van der Waals surface area contributed by atoms with Crippen LogP contribution in [0, 0.1) is 0 Å². The SMILES string of the molecule is C/C(=N/Nc1nc2ccccc2[nH]1)c1ccc(C(C)(C)C)cc1. The van der Waals surface area contributed by atoms with Crippen LogP contribution in [0.4, 0.5) is 5.95 Å². The molecule has 3 aromatic rings. The van der Waals surface area contributed by atoms with E-state index in [1.165, 1.54) is 5.56 Å². The van der Waals surface area contributed by atoms with E-state index in [1.54, 1.807) is 0 Å². The van der Waals surface area contributed by atoms with Crippen molar-refractivity contribution < 1.29 is 0 Å². The number of para-hydroxylation sites is 2. The van der Waals surface area contributed by atoms with E-state index in [2.05, 4.69) is 65.5 Å². The number of hydrogen-bond donors (Lipinski definition) is 2. The number of rotatable bonds is 3. The van der Waals surface area contributed by atoms with Crippen LogP contribution in [0.15, 0.2) is 53.6 Å². The summed E-state index contributed by atoms with van der Waals surface area (Å²) in [6.45, 7) is 8.63. The van der Waals surface area contributed by atoms with Crippen molar-refractivity contribution in [3.63, 3.8) is 0 Å². The van der Waals surface area contributed by atoms with E-state index in [0.29, 0.717) is 5.95 Å². The first-order valence-electron chi connectivity index (χ1n) is 7.79. The Morgan fingerprint density at radius 3 is 2.39 bits per heavy atom. The van der Waals surface area contributed by atoms with E-state index in [1.807, 2.05) is 31.2 Å². The molecule has 0 bridgehead atoms. The average Bonchev–Trinajstić information content (AvgIpc) is 2.95. The van der Waals surface area contributed by atoms with Gasteiger partial charge in [0.05, 0.1) is 16.7 Å². The van der Waals surface area contributed by atoms with Crippen LogP contribution in [0.25, 0.3) is 11.0 Å². The van der Waals surface area contributed by atoms with Crippen LogP contribution in [0.2, 0.25) is 0 Å². The largest absolute Gasteiger partial charge is 0.323 e. The lowest BCUT2D eigenvalue weighted by Crippen LogP contribution is -2.11. The van der Waals surface area contributed by atoms with Crippen LogP contribution in [0.1, 0.15) is 38.8 Å². The first kappa shape index (κ1) is 15.3. The van der Waals surface area contributed by atoms with Crippen LogP contribution < -0.4 is 5.43 Å². The molecule has 0 atom stereocenters. The Kier molecular flexibility index (Phi) is 3.90. The number of nitrogens with one attached hydrogen (secondary N) is 2. The van der Waals surface area contributed by atoms with Crippen LogP contribution in [-0.4, -0.2) is 15.7 Å². The Hall–Kier alpha value is -2.62. The summed E-state index contributed by atoms with van der Waals surface area (Å²) in [4.78, 5) is 7.65. The topological polar surface area (TPSA) is 53.1 Å². The standard InChI is InChI=1S/C19H22N4/c1-13(14-9-11-15(12-10-14)19(2,3)4)22-23-18-20-16-7-5-6-8-17(16)21-18/h5-12H,1-4H3,(H2,20,21,23)/b22-13-. The molecule has 2 N–H and O–H groups in total. The molecule has 0 unspecified atom stereocenters. The zero-order chi connectivity index (χ0) is 16.4. The van der Waals surface area contributed by atoms with E-state index in [0.717, 1.165) is 22.3 Å². The number of fused-ring (bicyclic) bond motifs is 1. The minimum absolute atomic E-state index is 0.163. The number of aromatic amines is 1. The summed E-state index contributed by atoms with van der Waals surface area (Å²) < 4.78 is 0. The van der Waals surface area contributed by atoms with Gasteiger partial charge in [-0.2, -0.15) is 5.10 Å². The van der Waals surface area contributed by atoms with Crippen LogP contribution in [0.3, 0.4) is 0 Å². The Bertz CT molecular complexity index is 803. The van der Waals surface area contributed by atoms with Gasteiger partial charge >= 0.3 is 0 Å². The van der Waals surface area contributed by atoms with E-state index >= 15 is 0 Å². The quantitative estimate of drug-likeness (QED) is 0.544. The summed E-state index contributed by atoms with van der Waals surface area (Å²) in [5.41, 5.74) is 8.43. The number of imidazole rings is 1. The number of benzene rings is 2. The van der Waals surface area contributed by atoms with Crippen molar-refractivity contribution in [3.05, 3.63) is 59.7 Å². The van der Waals surface area contributed by atoms with Gasteiger partial charge in [0.1, 0.15) is 0 Å². The predicted octanol–water partition coefficient (Wildman–Crippen LogP) is 4.70. The van der Waals surface area contributed by atoms with Gasteiger partial charge in [-0.05, 0) is 35.6 Å². The second kappa shape index (κ2) is 5.88. The first-order chi connectivity index (χ1) is 10.9. The third kappa shape index (κ3) is 3.42. The lowest BCUT2D eigenvalue weighted by atomic mass is 9.86. The highest BCUT2D eigenvalue weighted by atomic mass is 15.4. The highest BCUT2D eigenvalue weighted by Crippen LogP contribution is 2.22. The van der Waals surface area contributed by atoms with Crippen LogP contribution >= 0.6 is 0 Å². The molecule has 4 heteroatoms. The highest BCUT2D eigenvalue weighted by Gasteiger charge is 2.13. The van der Waals surface area contributed by atoms with Gasteiger partial charge in [-0.25, -0.2) is 10.4 Å². The molecule has 0 aliphatic heterocycles. The van der Waals surface area contributed by atoms with Crippen molar-refractivity contribution in [1.29, 1.82) is 0 Å². The molecule has 1 aromatic heterocycles. The molecule has 0 aliphatic rings. The normalized spacial score (nSPS) is 12.6. The Morgan fingerprint density at radius 1 is 1.04 bits per heavy atom. The van der Waals surface area contributed by atoms with Gasteiger partial charge in [0.25, 0.3) is 0 Å². The molecule has 1 heterocycles. The minimum Gasteiger partial charge on any atom is -0.323 e. The second-order valence-corrected chi connectivity index (χ2v) is 6.74. The fourth-order valence-electron chi connectivity index (χ4n) is 2.42. The van der Waals surface area contributed by atoms with Gasteiger partial charge in [0.15, 0.2) is 0 Å². The summed E-state index contributed by atoms with van der Waals surface area (Å²) in [5, 5.41) is 4.42. The molecular formula is C19H22N4. The van der Waals surface area contributed by atoms with E-state index in [-0.39, 0.29) is 5.41 Å². The predicted molar refractivity (Wildman–Crippen MR) is 97.1 cm³/mol. The fourth-order valence-corrected chi connectivity index (χ4v) is 2.42. The lowest BCUT2D eigenvalue weighted by molar-refractivity contribution is 0.590. The second-order valence-electron chi connectivity index (χ2n) is 6.74.